The van der Waals surface area contributed by atoms with E-state index < -0.39 is 0 Å². The molecule has 2 unspecified atom stereocenters. The molecule has 0 spiro atoms. The fourth-order valence-electron chi connectivity index (χ4n) is 3.27. The summed E-state index contributed by atoms with van der Waals surface area (Å²) >= 11 is 0. The van der Waals surface area contributed by atoms with Crippen molar-refractivity contribution < 1.29 is 9.47 Å². The van der Waals surface area contributed by atoms with Gasteiger partial charge in [-0.2, -0.15) is 0 Å². The highest BCUT2D eigenvalue weighted by molar-refractivity contribution is 4.88. The Bertz CT molecular complexity index is 255. The maximum Gasteiger partial charge on any atom is 0.0700 e. The highest BCUT2D eigenvalue weighted by atomic mass is 16.5. The van der Waals surface area contributed by atoms with Crippen LogP contribution in [0.1, 0.15) is 33.1 Å². The second-order valence-corrected chi connectivity index (χ2v) is 6.07. The van der Waals surface area contributed by atoms with Crippen LogP contribution in [0.2, 0.25) is 0 Å². The first-order valence-corrected chi connectivity index (χ1v) is 7.90. The van der Waals surface area contributed by atoms with Crippen molar-refractivity contribution in [1.82, 2.24) is 10.2 Å². The Morgan fingerprint density at radius 2 is 2.21 bits per heavy atom. The van der Waals surface area contributed by atoms with Crippen molar-refractivity contribution in [2.75, 3.05) is 52.5 Å². The van der Waals surface area contributed by atoms with Crippen molar-refractivity contribution in [3.63, 3.8) is 0 Å². The van der Waals surface area contributed by atoms with E-state index in [0.29, 0.717) is 11.5 Å². The highest BCUT2D eigenvalue weighted by Gasteiger charge is 2.35. The summed E-state index contributed by atoms with van der Waals surface area (Å²) in [5.41, 5.74) is 0.309. The molecular formula is C15H30N2O2. The molecule has 0 aromatic carbocycles. The molecule has 0 aromatic heterocycles. The summed E-state index contributed by atoms with van der Waals surface area (Å²) in [4.78, 5) is 2.59. The van der Waals surface area contributed by atoms with Crippen LogP contribution >= 0.6 is 0 Å². The van der Waals surface area contributed by atoms with E-state index in [-0.39, 0.29) is 0 Å². The minimum atomic E-state index is 0.309. The topological polar surface area (TPSA) is 33.7 Å². The van der Waals surface area contributed by atoms with Gasteiger partial charge in [0.15, 0.2) is 0 Å². The van der Waals surface area contributed by atoms with E-state index >= 15 is 0 Å². The lowest BCUT2D eigenvalue weighted by atomic mass is 9.81. The molecule has 2 fully saturated rings. The van der Waals surface area contributed by atoms with Gasteiger partial charge in [0.2, 0.25) is 0 Å². The number of hydrogen-bond acceptors (Lipinski definition) is 4. The van der Waals surface area contributed by atoms with Gasteiger partial charge in [0.1, 0.15) is 0 Å². The van der Waals surface area contributed by atoms with Crippen molar-refractivity contribution in [3.8, 4) is 0 Å². The van der Waals surface area contributed by atoms with Crippen molar-refractivity contribution in [1.29, 1.82) is 0 Å². The SMILES string of the molecule is CCNCC1(CN2CCOC(CC)C2)CCCOC1. The summed E-state index contributed by atoms with van der Waals surface area (Å²) < 4.78 is 11.6. The van der Waals surface area contributed by atoms with Gasteiger partial charge in [0.25, 0.3) is 0 Å². The van der Waals surface area contributed by atoms with Crippen LogP contribution in [0, 0.1) is 5.41 Å². The molecule has 0 saturated carbocycles. The van der Waals surface area contributed by atoms with E-state index in [1.54, 1.807) is 0 Å². The Morgan fingerprint density at radius 3 is 2.89 bits per heavy atom. The lowest BCUT2D eigenvalue weighted by molar-refractivity contribution is -0.0692. The molecule has 0 bridgehead atoms. The molecule has 0 radical (unpaired) electrons. The zero-order valence-electron chi connectivity index (χ0n) is 12.6. The predicted molar refractivity (Wildman–Crippen MR) is 77.5 cm³/mol. The number of nitrogens with one attached hydrogen (secondary N) is 1. The van der Waals surface area contributed by atoms with Gasteiger partial charge in [-0.15, -0.1) is 0 Å². The van der Waals surface area contributed by atoms with Gasteiger partial charge in [-0.25, -0.2) is 0 Å². The molecule has 4 heteroatoms. The first-order valence-electron chi connectivity index (χ1n) is 7.90. The predicted octanol–water partition coefficient (Wildman–Crippen LogP) is 1.50. The number of nitrogens with zero attached hydrogens (tertiary/aromatic N) is 1. The highest BCUT2D eigenvalue weighted by Crippen LogP contribution is 2.30. The van der Waals surface area contributed by atoms with Gasteiger partial charge >= 0.3 is 0 Å². The zero-order valence-corrected chi connectivity index (χ0v) is 12.6. The average Bonchev–Trinajstić information content (AvgIpc) is 2.46. The first kappa shape index (κ1) is 15.2. The Kier molecular flexibility index (Phi) is 6.07. The summed E-state index contributed by atoms with van der Waals surface area (Å²) in [5, 5.41) is 3.54. The number of hydrogen-bond donors (Lipinski definition) is 1. The summed E-state index contributed by atoms with van der Waals surface area (Å²) in [5.74, 6) is 0. The molecule has 2 aliphatic rings. The van der Waals surface area contributed by atoms with Gasteiger partial charge in [-0.3, -0.25) is 4.90 Å². The molecule has 2 aliphatic heterocycles. The number of rotatable bonds is 6. The Balaban J connectivity index is 1.90. The average molecular weight is 270 g/mol. The molecule has 2 rings (SSSR count). The summed E-state index contributed by atoms with van der Waals surface area (Å²) in [7, 11) is 0. The van der Waals surface area contributed by atoms with E-state index in [2.05, 4.69) is 24.1 Å². The minimum Gasteiger partial charge on any atom is -0.381 e. The normalized spacial score (nSPS) is 33.5. The fourth-order valence-corrected chi connectivity index (χ4v) is 3.27. The zero-order chi connectivity index (χ0) is 13.6. The quantitative estimate of drug-likeness (QED) is 0.793. The van der Waals surface area contributed by atoms with E-state index in [1.165, 1.54) is 12.8 Å². The lowest BCUT2D eigenvalue weighted by Crippen LogP contribution is -2.52. The van der Waals surface area contributed by atoms with Crippen LogP contribution in [0.5, 0.6) is 0 Å². The summed E-state index contributed by atoms with van der Waals surface area (Å²) in [6.45, 7) is 12.6. The molecule has 0 aromatic rings. The molecule has 1 N–H and O–H groups in total. The van der Waals surface area contributed by atoms with Crippen LogP contribution in [0.15, 0.2) is 0 Å². The van der Waals surface area contributed by atoms with Crippen molar-refractivity contribution in [2.45, 2.75) is 39.2 Å². The Morgan fingerprint density at radius 1 is 1.32 bits per heavy atom. The molecule has 112 valence electrons. The molecular weight excluding hydrogens is 240 g/mol. The molecule has 2 heterocycles. The summed E-state index contributed by atoms with van der Waals surface area (Å²) in [6.07, 6.45) is 4.03. The Labute approximate surface area is 117 Å². The van der Waals surface area contributed by atoms with E-state index in [4.69, 9.17) is 9.47 Å². The van der Waals surface area contributed by atoms with Crippen molar-refractivity contribution >= 4 is 0 Å². The third kappa shape index (κ3) is 4.42. The third-order valence-electron chi connectivity index (χ3n) is 4.39. The molecule has 0 aliphatic carbocycles. The standard InChI is InChI=1S/C15H30N2O2/c1-3-14-10-17(7-9-19-14)12-15(11-16-4-2)6-5-8-18-13-15/h14,16H,3-13H2,1-2H3. The molecule has 2 atom stereocenters. The Hall–Kier alpha value is -0.160. The largest absolute Gasteiger partial charge is 0.381 e. The van der Waals surface area contributed by atoms with Gasteiger partial charge in [0.05, 0.1) is 19.3 Å². The second kappa shape index (κ2) is 7.58. The monoisotopic (exact) mass is 270 g/mol. The number of morpholine rings is 1. The van der Waals surface area contributed by atoms with Crippen LogP contribution in [0.3, 0.4) is 0 Å². The molecule has 19 heavy (non-hydrogen) atoms. The maximum atomic E-state index is 5.78. The number of ether oxygens (including phenoxy) is 2. The van der Waals surface area contributed by atoms with Crippen molar-refractivity contribution in [2.24, 2.45) is 5.41 Å². The van der Waals surface area contributed by atoms with Crippen LogP contribution in [0.4, 0.5) is 0 Å². The van der Waals surface area contributed by atoms with Gasteiger partial charge in [-0.1, -0.05) is 13.8 Å². The van der Waals surface area contributed by atoms with Gasteiger partial charge in [0, 0.05) is 38.2 Å². The third-order valence-corrected chi connectivity index (χ3v) is 4.39. The van der Waals surface area contributed by atoms with Crippen LogP contribution in [-0.4, -0.2) is 63.5 Å². The lowest BCUT2D eigenvalue weighted by Gasteiger charge is -2.43. The van der Waals surface area contributed by atoms with Crippen LogP contribution in [0.25, 0.3) is 0 Å². The molecule has 0 amide bonds. The van der Waals surface area contributed by atoms with Gasteiger partial charge < -0.3 is 14.8 Å². The second-order valence-electron chi connectivity index (χ2n) is 6.07. The molecule has 2 saturated heterocycles. The smallest absolute Gasteiger partial charge is 0.0700 e. The van der Waals surface area contributed by atoms with E-state index in [1.807, 2.05) is 0 Å². The fraction of sp³-hybridized carbons (Fsp3) is 1.00. The molecule has 4 nitrogen and oxygen atoms in total. The van der Waals surface area contributed by atoms with E-state index in [0.717, 1.165) is 59.0 Å². The van der Waals surface area contributed by atoms with Gasteiger partial charge in [-0.05, 0) is 25.8 Å². The van der Waals surface area contributed by atoms with E-state index in [9.17, 15) is 0 Å². The summed E-state index contributed by atoms with van der Waals surface area (Å²) in [6, 6.07) is 0. The maximum absolute atomic E-state index is 5.78. The van der Waals surface area contributed by atoms with Crippen molar-refractivity contribution in [3.05, 3.63) is 0 Å². The minimum absolute atomic E-state index is 0.309. The van der Waals surface area contributed by atoms with Crippen LogP contribution < -0.4 is 5.32 Å². The van der Waals surface area contributed by atoms with Crippen LogP contribution in [-0.2, 0) is 9.47 Å². The first-order chi connectivity index (χ1) is 9.28.